The fourth-order valence-electron chi connectivity index (χ4n) is 5.44. The summed E-state index contributed by atoms with van der Waals surface area (Å²) in [6.45, 7) is 6.86. The molecule has 1 fully saturated rings. The molecule has 0 saturated carbocycles. The Labute approximate surface area is 230 Å². The Morgan fingerprint density at radius 2 is 1.68 bits per heavy atom. The van der Waals surface area contributed by atoms with Gasteiger partial charge in [0.1, 0.15) is 5.82 Å². The average Bonchev–Trinajstić information content (AvgIpc) is 3.35. The highest BCUT2D eigenvalue weighted by Crippen LogP contribution is 2.36. The number of hydrogen-bond acceptors (Lipinski definition) is 3. The molecule has 0 radical (unpaired) electrons. The van der Waals surface area contributed by atoms with Gasteiger partial charge in [0.15, 0.2) is 0 Å². The van der Waals surface area contributed by atoms with E-state index in [-0.39, 0.29) is 23.9 Å². The van der Waals surface area contributed by atoms with Crippen LogP contribution in [0.15, 0.2) is 91.1 Å². The second-order valence-electron chi connectivity index (χ2n) is 10.4. The first-order valence-electron chi connectivity index (χ1n) is 13.5. The van der Waals surface area contributed by atoms with Crippen molar-refractivity contribution in [2.24, 2.45) is 5.92 Å². The monoisotopic (exact) mass is 526 g/mol. The fourth-order valence-corrected chi connectivity index (χ4v) is 5.63. The van der Waals surface area contributed by atoms with Gasteiger partial charge in [0, 0.05) is 34.9 Å². The maximum Gasteiger partial charge on any atom is 0.254 e. The van der Waals surface area contributed by atoms with Crippen molar-refractivity contribution in [2.75, 3.05) is 13.1 Å². The van der Waals surface area contributed by atoms with Gasteiger partial charge in [-0.15, -0.1) is 0 Å². The van der Waals surface area contributed by atoms with Crippen LogP contribution in [-0.4, -0.2) is 39.5 Å². The molecule has 1 aliphatic heterocycles. The molecule has 5 rings (SSSR count). The van der Waals surface area contributed by atoms with Gasteiger partial charge in [-0.2, -0.15) is 0 Å². The number of imidazole rings is 1. The minimum Gasteiger partial charge on any atom is -0.328 e. The maximum absolute atomic E-state index is 14.2. The van der Waals surface area contributed by atoms with Crippen molar-refractivity contribution in [3.63, 3.8) is 0 Å². The van der Waals surface area contributed by atoms with E-state index in [0.717, 1.165) is 43.0 Å². The van der Waals surface area contributed by atoms with Crippen molar-refractivity contribution in [1.29, 1.82) is 0 Å². The van der Waals surface area contributed by atoms with Crippen molar-refractivity contribution in [3.8, 4) is 11.3 Å². The first-order chi connectivity index (χ1) is 18.5. The number of halogens is 1. The number of carbonyl (C=O) groups is 1. The van der Waals surface area contributed by atoms with Crippen LogP contribution in [0, 0.1) is 5.92 Å². The molecule has 1 atom stereocenters. The molecule has 1 N–H and O–H groups in total. The minimum atomic E-state index is -0.192. The molecule has 0 aliphatic carbocycles. The van der Waals surface area contributed by atoms with E-state index in [1.54, 1.807) is 0 Å². The van der Waals surface area contributed by atoms with Crippen LogP contribution in [-0.2, 0) is 6.54 Å². The molecule has 1 amide bonds. The van der Waals surface area contributed by atoms with Crippen LogP contribution in [0.3, 0.4) is 0 Å². The van der Waals surface area contributed by atoms with Crippen molar-refractivity contribution in [1.82, 2.24) is 19.8 Å². The first kappa shape index (κ1) is 26.2. The van der Waals surface area contributed by atoms with Crippen LogP contribution in [0.2, 0.25) is 5.02 Å². The van der Waals surface area contributed by atoms with Crippen LogP contribution in [0.5, 0.6) is 0 Å². The molecule has 38 heavy (non-hydrogen) atoms. The molecule has 1 saturated heterocycles. The van der Waals surface area contributed by atoms with Gasteiger partial charge >= 0.3 is 0 Å². The van der Waals surface area contributed by atoms with Gasteiger partial charge in [-0.3, -0.25) is 4.79 Å². The number of benzene rings is 3. The Balaban J connectivity index is 1.64. The molecule has 2 heterocycles. The summed E-state index contributed by atoms with van der Waals surface area (Å²) >= 11 is 6.35. The Bertz CT molecular complexity index is 1350. The zero-order valence-electron chi connectivity index (χ0n) is 22.1. The lowest BCUT2D eigenvalue weighted by Gasteiger charge is -2.42. The fraction of sp³-hybridized carbons (Fsp3) is 0.312. The summed E-state index contributed by atoms with van der Waals surface area (Å²) in [6, 6.07) is 27.8. The zero-order chi connectivity index (χ0) is 26.5. The van der Waals surface area contributed by atoms with Gasteiger partial charge < -0.3 is 14.8 Å². The average molecular weight is 527 g/mol. The topological polar surface area (TPSA) is 50.2 Å². The van der Waals surface area contributed by atoms with E-state index < -0.39 is 0 Å². The van der Waals surface area contributed by atoms with Crippen LogP contribution >= 0.6 is 11.6 Å². The Kier molecular flexibility index (Phi) is 8.26. The molecular weight excluding hydrogens is 492 g/mol. The third kappa shape index (κ3) is 5.85. The molecule has 3 aromatic carbocycles. The van der Waals surface area contributed by atoms with Crippen molar-refractivity contribution < 1.29 is 4.79 Å². The smallest absolute Gasteiger partial charge is 0.254 e. The minimum absolute atomic E-state index is 0.0646. The normalized spacial score (nSPS) is 14.9. The van der Waals surface area contributed by atoms with E-state index in [1.165, 1.54) is 5.56 Å². The van der Waals surface area contributed by atoms with Gasteiger partial charge in [-0.05, 0) is 61.7 Å². The molecule has 6 heteroatoms. The van der Waals surface area contributed by atoms with E-state index in [1.807, 2.05) is 60.7 Å². The molecule has 1 unspecified atom stereocenters. The summed E-state index contributed by atoms with van der Waals surface area (Å²) in [5.41, 5.74) is 3.74. The zero-order valence-corrected chi connectivity index (χ0v) is 22.8. The van der Waals surface area contributed by atoms with Crippen molar-refractivity contribution in [2.45, 2.75) is 45.3 Å². The summed E-state index contributed by atoms with van der Waals surface area (Å²) in [5.74, 6) is 1.12. The lowest BCUT2D eigenvalue weighted by Crippen LogP contribution is -2.49. The molecule has 196 valence electrons. The second-order valence-corrected chi connectivity index (χ2v) is 10.8. The summed E-state index contributed by atoms with van der Waals surface area (Å²) in [5, 5.41) is 4.14. The van der Waals surface area contributed by atoms with E-state index in [9.17, 15) is 4.79 Å². The lowest BCUT2D eigenvalue weighted by molar-refractivity contribution is 0.0419. The molecule has 4 aromatic rings. The van der Waals surface area contributed by atoms with Crippen molar-refractivity contribution in [3.05, 3.63) is 113 Å². The SMILES string of the molecule is CC(C)C(c1nc(-c2cccc(Cl)c2)cn1Cc1ccccc1)N(C(=O)c1ccccc1)C1CCNCC1. The molecule has 1 aromatic heterocycles. The summed E-state index contributed by atoms with van der Waals surface area (Å²) in [6.07, 6.45) is 3.95. The predicted molar refractivity (Wildman–Crippen MR) is 154 cm³/mol. The van der Waals surface area contributed by atoms with Gasteiger partial charge in [0.25, 0.3) is 5.91 Å². The molecule has 0 spiro atoms. The maximum atomic E-state index is 14.2. The molecule has 5 nitrogen and oxygen atoms in total. The highest BCUT2D eigenvalue weighted by atomic mass is 35.5. The van der Waals surface area contributed by atoms with E-state index in [0.29, 0.717) is 17.1 Å². The van der Waals surface area contributed by atoms with Gasteiger partial charge in [-0.1, -0.05) is 86.1 Å². The largest absolute Gasteiger partial charge is 0.328 e. The first-order valence-corrected chi connectivity index (χ1v) is 13.8. The number of nitrogens with one attached hydrogen (secondary N) is 1. The number of carbonyl (C=O) groups excluding carboxylic acids is 1. The third-order valence-corrected chi connectivity index (χ3v) is 7.51. The number of nitrogens with zero attached hydrogens (tertiary/aromatic N) is 3. The standard InChI is InChI=1S/C32H35ClN4O/c1-23(2)30(37(28-16-18-34-19-17-28)32(38)25-12-7-4-8-13-25)31-35-29(26-14-9-15-27(33)20-26)22-36(31)21-24-10-5-3-6-11-24/h3-15,20,22-23,28,30,34H,16-19,21H2,1-2H3. The predicted octanol–water partition coefficient (Wildman–Crippen LogP) is 6.84. The number of hydrogen-bond donors (Lipinski definition) is 1. The van der Waals surface area contributed by atoms with Crippen LogP contribution in [0.25, 0.3) is 11.3 Å². The van der Waals surface area contributed by atoms with Gasteiger partial charge in [0.2, 0.25) is 0 Å². The van der Waals surface area contributed by atoms with Gasteiger partial charge in [0.05, 0.1) is 11.7 Å². The molecule has 1 aliphatic rings. The Hall–Kier alpha value is -3.41. The van der Waals surface area contributed by atoms with Crippen molar-refractivity contribution >= 4 is 17.5 Å². The summed E-state index contributed by atoms with van der Waals surface area (Å²) < 4.78 is 2.22. The lowest BCUT2D eigenvalue weighted by atomic mass is 9.94. The van der Waals surface area contributed by atoms with E-state index >= 15 is 0 Å². The molecule has 0 bridgehead atoms. The molecular formula is C32H35ClN4O. The van der Waals surface area contributed by atoms with Crippen LogP contribution in [0.1, 0.15) is 54.5 Å². The number of amides is 1. The highest BCUT2D eigenvalue weighted by Gasteiger charge is 2.37. The summed E-state index contributed by atoms with van der Waals surface area (Å²) in [7, 11) is 0. The van der Waals surface area contributed by atoms with E-state index in [4.69, 9.17) is 16.6 Å². The quantitative estimate of drug-likeness (QED) is 0.273. The van der Waals surface area contributed by atoms with Crippen LogP contribution in [0.4, 0.5) is 0 Å². The Morgan fingerprint density at radius 3 is 2.34 bits per heavy atom. The second kappa shape index (κ2) is 12.0. The number of piperidine rings is 1. The Morgan fingerprint density at radius 1 is 1.00 bits per heavy atom. The highest BCUT2D eigenvalue weighted by molar-refractivity contribution is 6.30. The van der Waals surface area contributed by atoms with Crippen LogP contribution < -0.4 is 5.32 Å². The summed E-state index contributed by atoms with van der Waals surface area (Å²) in [4.78, 5) is 21.6. The number of aromatic nitrogens is 2. The van der Waals surface area contributed by atoms with Gasteiger partial charge in [-0.25, -0.2) is 4.98 Å². The van der Waals surface area contributed by atoms with E-state index in [2.05, 4.69) is 59.1 Å². The number of rotatable bonds is 8. The third-order valence-electron chi connectivity index (χ3n) is 7.28.